The molecule has 0 saturated carbocycles. The molecule has 0 radical (unpaired) electrons. The Labute approximate surface area is 107 Å². The van der Waals surface area contributed by atoms with Gasteiger partial charge in [0.15, 0.2) is 0 Å². The maximum absolute atomic E-state index is 12.4. The molecule has 1 aromatic heterocycles. The maximum Gasteiger partial charge on any atom is 0.247 e. The van der Waals surface area contributed by atoms with Crippen LogP contribution in [0.2, 0.25) is 0 Å². The highest BCUT2D eigenvalue weighted by Crippen LogP contribution is 2.17. The number of rotatable bonds is 2. The van der Waals surface area contributed by atoms with Gasteiger partial charge in [0.2, 0.25) is 5.91 Å². The molecule has 2 unspecified atom stereocenters. The van der Waals surface area contributed by atoms with E-state index in [4.69, 9.17) is 0 Å². The fourth-order valence-corrected chi connectivity index (χ4v) is 2.56. The third kappa shape index (κ3) is 2.56. The summed E-state index contributed by atoms with van der Waals surface area (Å²) in [4.78, 5) is 14.1. The molecule has 0 bridgehead atoms. The molecular formula is C13H21N3O2. The minimum Gasteiger partial charge on any atom is -0.391 e. The van der Waals surface area contributed by atoms with E-state index < -0.39 is 0 Å². The van der Waals surface area contributed by atoms with Gasteiger partial charge >= 0.3 is 0 Å². The number of nitrogens with zero attached hydrogens (tertiary/aromatic N) is 3. The van der Waals surface area contributed by atoms with E-state index in [9.17, 15) is 9.90 Å². The van der Waals surface area contributed by atoms with Crippen LogP contribution < -0.4 is 0 Å². The summed E-state index contributed by atoms with van der Waals surface area (Å²) < 4.78 is 1.76. The highest BCUT2D eigenvalue weighted by molar-refractivity contribution is 5.80. The van der Waals surface area contributed by atoms with Gasteiger partial charge in [-0.2, -0.15) is 5.10 Å². The number of β-amino-alcohol motifs (C(OH)–C–C–N with tert-alkyl or cyclic N) is 1. The van der Waals surface area contributed by atoms with Crippen LogP contribution in [0.1, 0.15) is 37.2 Å². The SMILES string of the molecule is Cc1cc(C)n(C(C)C(=O)N2CCCC(O)C2)n1. The lowest BCUT2D eigenvalue weighted by Gasteiger charge is -2.32. The third-order valence-electron chi connectivity index (χ3n) is 3.48. The summed E-state index contributed by atoms with van der Waals surface area (Å²) in [5.41, 5.74) is 1.91. The Balaban J connectivity index is 2.11. The summed E-state index contributed by atoms with van der Waals surface area (Å²) >= 11 is 0. The van der Waals surface area contributed by atoms with Crippen LogP contribution in [0.4, 0.5) is 0 Å². The highest BCUT2D eigenvalue weighted by atomic mass is 16.3. The van der Waals surface area contributed by atoms with E-state index in [1.807, 2.05) is 26.8 Å². The predicted molar refractivity (Wildman–Crippen MR) is 68.2 cm³/mol. The Morgan fingerprint density at radius 2 is 2.28 bits per heavy atom. The summed E-state index contributed by atoms with van der Waals surface area (Å²) in [6.07, 6.45) is 1.28. The largest absolute Gasteiger partial charge is 0.391 e. The smallest absolute Gasteiger partial charge is 0.247 e. The van der Waals surface area contributed by atoms with Gasteiger partial charge in [-0.05, 0) is 39.7 Å². The van der Waals surface area contributed by atoms with Gasteiger partial charge in [0.25, 0.3) is 0 Å². The number of aromatic nitrogens is 2. The summed E-state index contributed by atoms with van der Waals surface area (Å²) in [6.45, 7) is 6.92. The average Bonchev–Trinajstić information content (AvgIpc) is 2.66. The first-order valence-corrected chi connectivity index (χ1v) is 6.48. The van der Waals surface area contributed by atoms with Gasteiger partial charge in [0, 0.05) is 18.8 Å². The van der Waals surface area contributed by atoms with Crippen LogP contribution in [0.15, 0.2) is 6.07 Å². The average molecular weight is 251 g/mol. The number of aryl methyl sites for hydroxylation is 2. The van der Waals surface area contributed by atoms with Gasteiger partial charge in [-0.1, -0.05) is 0 Å². The van der Waals surface area contributed by atoms with Crippen LogP contribution in [-0.4, -0.2) is 44.9 Å². The summed E-state index contributed by atoms with van der Waals surface area (Å²) in [7, 11) is 0. The van der Waals surface area contributed by atoms with Crippen molar-refractivity contribution in [2.24, 2.45) is 0 Å². The molecule has 1 aliphatic rings. The first-order chi connectivity index (χ1) is 8.49. The Morgan fingerprint density at radius 3 is 2.83 bits per heavy atom. The van der Waals surface area contributed by atoms with E-state index in [-0.39, 0.29) is 18.1 Å². The second kappa shape index (κ2) is 5.10. The standard InChI is InChI=1S/C13H21N3O2/c1-9-7-10(2)16(14-9)11(3)13(18)15-6-4-5-12(17)8-15/h7,11-12,17H,4-6,8H2,1-3H3. The monoisotopic (exact) mass is 251 g/mol. The number of likely N-dealkylation sites (tertiary alicyclic amines) is 1. The number of hydrogen-bond acceptors (Lipinski definition) is 3. The molecule has 5 heteroatoms. The van der Waals surface area contributed by atoms with E-state index >= 15 is 0 Å². The van der Waals surface area contributed by atoms with Crippen molar-refractivity contribution in [2.75, 3.05) is 13.1 Å². The Morgan fingerprint density at radius 1 is 1.56 bits per heavy atom. The molecule has 100 valence electrons. The molecule has 0 aliphatic carbocycles. The first kappa shape index (κ1) is 13.1. The van der Waals surface area contributed by atoms with Crippen molar-refractivity contribution in [3.63, 3.8) is 0 Å². The third-order valence-corrected chi connectivity index (χ3v) is 3.48. The van der Waals surface area contributed by atoms with E-state index in [1.165, 1.54) is 0 Å². The van der Waals surface area contributed by atoms with Crippen LogP contribution >= 0.6 is 0 Å². The number of amides is 1. The summed E-state index contributed by atoms with van der Waals surface area (Å²) in [5, 5.41) is 14.0. The minimum absolute atomic E-state index is 0.0416. The van der Waals surface area contributed by atoms with E-state index in [0.29, 0.717) is 6.54 Å². The van der Waals surface area contributed by atoms with Crippen molar-refractivity contribution in [2.45, 2.75) is 45.8 Å². The zero-order chi connectivity index (χ0) is 13.3. The molecule has 1 aliphatic heterocycles. The van der Waals surface area contributed by atoms with Gasteiger partial charge in [-0.25, -0.2) is 0 Å². The Hall–Kier alpha value is -1.36. The van der Waals surface area contributed by atoms with Crippen molar-refractivity contribution in [1.29, 1.82) is 0 Å². The molecule has 0 aromatic carbocycles. The van der Waals surface area contributed by atoms with Gasteiger partial charge < -0.3 is 10.0 Å². The van der Waals surface area contributed by atoms with Crippen molar-refractivity contribution >= 4 is 5.91 Å². The lowest BCUT2D eigenvalue weighted by atomic mass is 10.1. The molecule has 2 rings (SSSR count). The molecule has 1 N–H and O–H groups in total. The normalized spacial score (nSPS) is 22.0. The molecule has 0 spiro atoms. The summed E-state index contributed by atoms with van der Waals surface area (Å²) in [5.74, 6) is 0.0416. The quantitative estimate of drug-likeness (QED) is 0.854. The minimum atomic E-state index is -0.379. The number of carbonyl (C=O) groups excluding carboxylic acids is 1. The van der Waals surface area contributed by atoms with Crippen LogP contribution in [-0.2, 0) is 4.79 Å². The van der Waals surface area contributed by atoms with Gasteiger partial charge in [-0.3, -0.25) is 9.48 Å². The van der Waals surface area contributed by atoms with Gasteiger partial charge in [-0.15, -0.1) is 0 Å². The van der Waals surface area contributed by atoms with Crippen LogP contribution in [0, 0.1) is 13.8 Å². The zero-order valence-electron chi connectivity index (χ0n) is 11.3. The molecule has 1 saturated heterocycles. The van der Waals surface area contributed by atoms with Crippen molar-refractivity contribution < 1.29 is 9.90 Å². The van der Waals surface area contributed by atoms with Crippen molar-refractivity contribution in [3.05, 3.63) is 17.5 Å². The molecule has 2 atom stereocenters. The van der Waals surface area contributed by atoms with Gasteiger partial charge in [0.1, 0.15) is 6.04 Å². The Kier molecular flexibility index (Phi) is 3.71. The maximum atomic E-state index is 12.4. The van der Waals surface area contributed by atoms with Crippen LogP contribution in [0.3, 0.4) is 0 Å². The topological polar surface area (TPSA) is 58.4 Å². The Bertz CT molecular complexity index is 441. The first-order valence-electron chi connectivity index (χ1n) is 6.48. The van der Waals surface area contributed by atoms with Crippen molar-refractivity contribution in [3.8, 4) is 0 Å². The fraction of sp³-hybridized carbons (Fsp3) is 0.692. The number of piperidine rings is 1. The second-order valence-corrected chi connectivity index (χ2v) is 5.13. The van der Waals surface area contributed by atoms with Gasteiger partial charge in [0.05, 0.1) is 11.8 Å². The molecule has 1 aromatic rings. The molecule has 1 amide bonds. The fourth-order valence-electron chi connectivity index (χ4n) is 2.56. The lowest BCUT2D eigenvalue weighted by Crippen LogP contribution is -2.45. The second-order valence-electron chi connectivity index (χ2n) is 5.13. The summed E-state index contributed by atoms with van der Waals surface area (Å²) in [6, 6.07) is 1.67. The number of aliphatic hydroxyl groups is 1. The number of aliphatic hydroxyl groups excluding tert-OH is 1. The molecular weight excluding hydrogens is 230 g/mol. The molecule has 18 heavy (non-hydrogen) atoms. The van der Waals surface area contributed by atoms with E-state index in [2.05, 4.69) is 5.10 Å². The lowest BCUT2D eigenvalue weighted by molar-refractivity contribution is -0.137. The number of hydrogen-bond donors (Lipinski definition) is 1. The van der Waals surface area contributed by atoms with Crippen molar-refractivity contribution in [1.82, 2.24) is 14.7 Å². The molecule has 1 fully saturated rings. The van der Waals surface area contributed by atoms with Crippen LogP contribution in [0.25, 0.3) is 0 Å². The molecule has 5 nitrogen and oxygen atoms in total. The predicted octanol–water partition coefficient (Wildman–Crippen LogP) is 1.04. The van der Waals surface area contributed by atoms with E-state index in [0.717, 1.165) is 30.8 Å². The van der Waals surface area contributed by atoms with E-state index in [1.54, 1.807) is 9.58 Å². The molecule has 2 heterocycles. The number of carbonyl (C=O) groups is 1. The van der Waals surface area contributed by atoms with Crippen LogP contribution in [0.5, 0.6) is 0 Å². The zero-order valence-corrected chi connectivity index (χ0v) is 11.3. The highest BCUT2D eigenvalue weighted by Gasteiger charge is 2.27.